The molecule has 258 valence electrons. The maximum absolute atomic E-state index is 13.3. The minimum absolute atomic E-state index is 0.0758. The molecule has 0 unspecified atom stereocenters. The summed E-state index contributed by atoms with van der Waals surface area (Å²) in [6.45, 7) is 10.3. The number of ether oxygens (including phenoxy) is 3. The number of esters is 1. The van der Waals surface area contributed by atoms with Gasteiger partial charge in [0.25, 0.3) is 0 Å². The third-order valence-corrected chi connectivity index (χ3v) is 15.8. The van der Waals surface area contributed by atoms with Gasteiger partial charge in [-0.25, -0.2) is 4.79 Å². The number of hydrogen-bond acceptors (Lipinski definition) is 9. The Morgan fingerprint density at radius 2 is 1.65 bits per heavy atom. The van der Waals surface area contributed by atoms with Crippen molar-refractivity contribution in [3.63, 3.8) is 0 Å². The second-order valence-electron chi connectivity index (χ2n) is 17.0. The average Bonchev–Trinajstić information content (AvgIpc) is 3.61. The Bertz CT molecular complexity index is 1300. The normalized spacial score (nSPS) is 55.2. The Balaban J connectivity index is 1.13. The summed E-state index contributed by atoms with van der Waals surface area (Å²) in [7, 11) is 0. The summed E-state index contributed by atoms with van der Waals surface area (Å²) in [6.07, 6.45) is 3.43. The molecular weight excluding hydrogens is 592 g/mol. The van der Waals surface area contributed by atoms with Crippen LogP contribution in [0.3, 0.4) is 0 Å². The number of aliphatic hydroxyl groups excluding tert-OH is 4. The highest BCUT2D eigenvalue weighted by Crippen LogP contribution is 2.89. The summed E-state index contributed by atoms with van der Waals surface area (Å²) in [4.78, 5) is 25.7. The molecule has 7 rings (SSSR count). The van der Waals surface area contributed by atoms with Crippen LogP contribution in [0.5, 0.6) is 0 Å². The number of aliphatic carboxylic acids is 1. The van der Waals surface area contributed by atoms with Crippen molar-refractivity contribution in [1.29, 1.82) is 0 Å². The molecule has 1 saturated heterocycles. The minimum atomic E-state index is -1.58. The summed E-state index contributed by atoms with van der Waals surface area (Å²) < 4.78 is 17.9. The molecule has 5 N–H and O–H groups in total. The highest BCUT2D eigenvalue weighted by atomic mass is 16.7. The van der Waals surface area contributed by atoms with E-state index < -0.39 is 54.8 Å². The van der Waals surface area contributed by atoms with E-state index in [1.54, 1.807) is 6.92 Å². The van der Waals surface area contributed by atoms with Gasteiger partial charge in [0.2, 0.25) is 0 Å². The van der Waals surface area contributed by atoms with Crippen molar-refractivity contribution in [3.05, 3.63) is 11.6 Å². The molecule has 0 aromatic rings. The lowest BCUT2D eigenvalue weighted by molar-refractivity contribution is -0.326. The minimum Gasteiger partial charge on any atom is -0.481 e. The molecule has 0 bridgehead atoms. The Labute approximate surface area is 271 Å². The van der Waals surface area contributed by atoms with Gasteiger partial charge < -0.3 is 39.7 Å². The number of hydrogen-bond donors (Lipinski definition) is 5. The highest BCUT2D eigenvalue weighted by molar-refractivity contribution is 5.88. The fraction of sp³-hybridized carbons (Fsp3) is 0.889. The first-order valence-electron chi connectivity index (χ1n) is 17.7. The maximum Gasteiger partial charge on any atom is 0.333 e. The van der Waals surface area contributed by atoms with Gasteiger partial charge in [0.15, 0.2) is 6.29 Å². The highest BCUT2D eigenvalue weighted by Gasteiger charge is 2.83. The lowest BCUT2D eigenvalue weighted by atomic mass is 9.41. The van der Waals surface area contributed by atoms with E-state index in [0.29, 0.717) is 23.8 Å². The summed E-state index contributed by atoms with van der Waals surface area (Å²) in [5, 5.41) is 51.8. The van der Waals surface area contributed by atoms with Gasteiger partial charge in [-0.1, -0.05) is 26.8 Å². The monoisotopic (exact) mass is 646 g/mol. The van der Waals surface area contributed by atoms with Crippen molar-refractivity contribution >= 4 is 11.9 Å². The van der Waals surface area contributed by atoms with Crippen LogP contribution >= 0.6 is 0 Å². The fourth-order valence-corrected chi connectivity index (χ4v) is 13.0. The van der Waals surface area contributed by atoms with Crippen LogP contribution < -0.4 is 0 Å². The van der Waals surface area contributed by atoms with Gasteiger partial charge in [-0.2, -0.15) is 0 Å². The molecule has 0 amide bonds. The molecule has 0 aromatic heterocycles. The number of carbonyl (C=O) groups excluding carboxylic acids is 1. The first-order valence-corrected chi connectivity index (χ1v) is 17.7. The van der Waals surface area contributed by atoms with Crippen molar-refractivity contribution in [2.45, 2.75) is 142 Å². The van der Waals surface area contributed by atoms with E-state index in [-0.39, 0.29) is 45.6 Å². The molecule has 2 spiro atoms. The molecule has 7 aliphatic rings. The summed E-state index contributed by atoms with van der Waals surface area (Å²) in [5.41, 5.74) is -0.273. The second kappa shape index (κ2) is 10.7. The molecule has 6 fully saturated rings. The zero-order valence-electron chi connectivity index (χ0n) is 28.0. The number of rotatable bonds is 6. The third kappa shape index (κ3) is 4.09. The molecule has 10 heteroatoms. The third-order valence-electron chi connectivity index (χ3n) is 15.8. The fourth-order valence-electron chi connectivity index (χ4n) is 13.0. The molecular formula is C36H54O10. The van der Waals surface area contributed by atoms with Crippen LogP contribution in [0.1, 0.15) is 98.8 Å². The Morgan fingerprint density at radius 3 is 2.33 bits per heavy atom. The first-order chi connectivity index (χ1) is 21.6. The molecule has 10 nitrogen and oxygen atoms in total. The van der Waals surface area contributed by atoms with Crippen molar-refractivity contribution in [1.82, 2.24) is 0 Å². The van der Waals surface area contributed by atoms with E-state index in [1.807, 2.05) is 13.0 Å². The number of fused-ring (bicyclic) bond motifs is 2. The van der Waals surface area contributed by atoms with Gasteiger partial charge in [0.1, 0.15) is 30.5 Å². The smallest absolute Gasteiger partial charge is 0.333 e. The van der Waals surface area contributed by atoms with E-state index >= 15 is 0 Å². The predicted octanol–water partition coefficient (Wildman–Crippen LogP) is 3.57. The van der Waals surface area contributed by atoms with Gasteiger partial charge in [-0.3, -0.25) is 4.79 Å². The number of aliphatic hydroxyl groups is 4. The SMILES string of the molecule is CC1=CC[C@@H]([C@H](C)[C@@H]2CC[C@]3(C)[C@@H]4CC[C@@H]5[C@](C)(C(=O)O)[C@@H](O[C@@H]6O[C@@H](CO)[C@@H](O)[C@H](O)[C@@H]6O)CC[C@@]56C[C@@]46CC[C@]23C)OC1=O. The van der Waals surface area contributed by atoms with Crippen LogP contribution in [0.25, 0.3) is 0 Å². The maximum atomic E-state index is 13.3. The predicted molar refractivity (Wildman–Crippen MR) is 165 cm³/mol. The lowest BCUT2D eigenvalue weighted by Crippen LogP contribution is -2.63. The van der Waals surface area contributed by atoms with E-state index in [9.17, 15) is 35.1 Å². The molecule has 46 heavy (non-hydrogen) atoms. The van der Waals surface area contributed by atoms with Crippen LogP contribution in [-0.2, 0) is 23.8 Å². The quantitative estimate of drug-likeness (QED) is 0.213. The molecule has 2 heterocycles. The summed E-state index contributed by atoms with van der Waals surface area (Å²) in [6, 6.07) is 0. The summed E-state index contributed by atoms with van der Waals surface area (Å²) in [5.74, 6) is 0.0206. The van der Waals surface area contributed by atoms with E-state index in [2.05, 4.69) is 20.8 Å². The van der Waals surface area contributed by atoms with Crippen molar-refractivity contribution < 1.29 is 49.3 Å². The number of carboxylic acid groups (broad SMARTS) is 1. The van der Waals surface area contributed by atoms with Crippen LogP contribution in [-0.4, -0.2) is 87.0 Å². The van der Waals surface area contributed by atoms with Gasteiger partial charge in [0, 0.05) is 12.0 Å². The lowest BCUT2D eigenvalue weighted by Gasteiger charge is -2.63. The number of carboxylic acids is 1. The van der Waals surface area contributed by atoms with E-state index in [1.165, 1.54) is 0 Å². The van der Waals surface area contributed by atoms with Crippen molar-refractivity contribution in [3.8, 4) is 0 Å². The topological polar surface area (TPSA) is 163 Å². The largest absolute Gasteiger partial charge is 0.481 e. The van der Waals surface area contributed by atoms with Gasteiger partial charge in [-0.05, 0) is 117 Å². The Morgan fingerprint density at radius 1 is 0.957 bits per heavy atom. The first kappa shape index (κ1) is 33.0. The molecule has 16 atom stereocenters. The molecule has 5 saturated carbocycles. The van der Waals surface area contributed by atoms with Crippen LogP contribution in [0.15, 0.2) is 11.6 Å². The van der Waals surface area contributed by atoms with E-state index in [0.717, 1.165) is 57.8 Å². The van der Waals surface area contributed by atoms with Gasteiger partial charge in [-0.15, -0.1) is 0 Å². The zero-order chi connectivity index (χ0) is 33.2. The molecule has 2 aliphatic heterocycles. The van der Waals surface area contributed by atoms with Crippen molar-refractivity contribution in [2.24, 2.45) is 50.7 Å². The average molecular weight is 647 g/mol. The molecule has 0 aromatic carbocycles. The van der Waals surface area contributed by atoms with Crippen LogP contribution in [0.4, 0.5) is 0 Å². The summed E-state index contributed by atoms with van der Waals surface area (Å²) >= 11 is 0. The van der Waals surface area contributed by atoms with E-state index in [4.69, 9.17) is 14.2 Å². The number of carbonyl (C=O) groups is 2. The van der Waals surface area contributed by atoms with Crippen molar-refractivity contribution in [2.75, 3.05) is 6.61 Å². The molecule has 0 radical (unpaired) electrons. The number of cyclic esters (lactones) is 1. The van der Waals surface area contributed by atoms with Crippen LogP contribution in [0, 0.1) is 50.7 Å². The van der Waals surface area contributed by atoms with Crippen LogP contribution in [0.2, 0.25) is 0 Å². The van der Waals surface area contributed by atoms with Gasteiger partial charge >= 0.3 is 11.9 Å². The second-order valence-corrected chi connectivity index (χ2v) is 17.0. The Hall–Kier alpha value is -1.56. The molecule has 5 aliphatic carbocycles. The van der Waals surface area contributed by atoms with Gasteiger partial charge in [0.05, 0.1) is 18.1 Å². The Kier molecular flexibility index (Phi) is 7.68. The zero-order valence-corrected chi connectivity index (χ0v) is 28.0. The standard InChI is InChI=1S/C36H54O10/c1-18-6-7-21(44-29(18)41)19(2)20-10-12-33(4)23-8-9-24-34(5,31(42)43)25(46-30-28(40)27(39)26(38)22(16-37)45-30)11-13-35(24)17-36(23,35)15-14-32(20,33)3/h6,19-28,30,37-40H,7-17H2,1-5H3,(H,42,43)/t19-,20+,21+,22+,23+,24-,25+,26-,27+,28+,30+,32-,33-,34+,35-,36+/m1/s1.